The maximum absolute atomic E-state index is 11.9. The van der Waals surface area contributed by atoms with Crippen molar-refractivity contribution in [3.63, 3.8) is 0 Å². The lowest BCUT2D eigenvalue weighted by molar-refractivity contribution is -0.127. The second kappa shape index (κ2) is 7.55. The number of amides is 1. The molecular formula is C17H21N3O4. The van der Waals surface area contributed by atoms with Gasteiger partial charge >= 0.3 is 0 Å². The van der Waals surface area contributed by atoms with Gasteiger partial charge in [-0.25, -0.2) is 4.98 Å². The molecule has 1 saturated heterocycles. The van der Waals surface area contributed by atoms with Crippen molar-refractivity contribution in [1.29, 1.82) is 0 Å². The number of nitrogens with one attached hydrogen (secondary N) is 2. The van der Waals surface area contributed by atoms with E-state index in [2.05, 4.69) is 15.3 Å². The highest BCUT2D eigenvalue weighted by Crippen LogP contribution is 2.15. The van der Waals surface area contributed by atoms with Crippen LogP contribution in [-0.4, -0.2) is 41.2 Å². The van der Waals surface area contributed by atoms with Crippen molar-refractivity contribution in [3.05, 3.63) is 40.4 Å². The third kappa shape index (κ3) is 3.98. The van der Waals surface area contributed by atoms with Gasteiger partial charge in [0.15, 0.2) is 0 Å². The Morgan fingerprint density at radius 1 is 1.50 bits per heavy atom. The van der Waals surface area contributed by atoms with Gasteiger partial charge in [-0.3, -0.25) is 9.59 Å². The largest absolute Gasteiger partial charge is 0.376 e. The molecule has 0 aliphatic carbocycles. The molecular weight excluding hydrogens is 310 g/mol. The zero-order chi connectivity index (χ0) is 16.9. The Morgan fingerprint density at radius 3 is 3.12 bits per heavy atom. The van der Waals surface area contributed by atoms with Gasteiger partial charge in [0.2, 0.25) is 5.91 Å². The van der Waals surface area contributed by atoms with E-state index in [1.54, 1.807) is 18.2 Å². The first-order chi connectivity index (χ1) is 11.6. The van der Waals surface area contributed by atoms with Crippen LogP contribution in [0.3, 0.4) is 0 Å². The van der Waals surface area contributed by atoms with Gasteiger partial charge in [0.1, 0.15) is 19.0 Å². The van der Waals surface area contributed by atoms with E-state index < -0.39 is 0 Å². The molecule has 2 atom stereocenters. The fourth-order valence-corrected chi connectivity index (χ4v) is 2.83. The summed E-state index contributed by atoms with van der Waals surface area (Å²) in [5, 5.41) is 3.40. The summed E-state index contributed by atoms with van der Waals surface area (Å²) < 4.78 is 10.9. The molecule has 7 heteroatoms. The summed E-state index contributed by atoms with van der Waals surface area (Å²) in [6.07, 6.45) is 2.07. The number of nitrogens with zero attached hydrogens (tertiary/aromatic N) is 1. The number of hydrogen-bond donors (Lipinski definition) is 2. The average Bonchev–Trinajstić information content (AvgIpc) is 3.09. The molecule has 0 spiro atoms. The molecule has 0 radical (unpaired) electrons. The van der Waals surface area contributed by atoms with E-state index in [1.165, 1.54) is 0 Å². The third-order valence-electron chi connectivity index (χ3n) is 4.05. The third-order valence-corrected chi connectivity index (χ3v) is 4.05. The second-order valence-electron chi connectivity index (χ2n) is 5.93. The number of para-hydroxylation sites is 1. The minimum atomic E-state index is -0.212. The molecule has 2 aromatic rings. The molecule has 1 aromatic heterocycles. The van der Waals surface area contributed by atoms with Crippen molar-refractivity contribution in [3.8, 4) is 0 Å². The SMILES string of the molecule is CC(NC(=O)COCc1nc2ccccc2c(=O)[nH]1)C1CCCO1. The predicted molar refractivity (Wildman–Crippen MR) is 88.6 cm³/mol. The molecule has 1 aliphatic rings. The Bertz CT molecular complexity index is 768. The van der Waals surface area contributed by atoms with Crippen molar-refractivity contribution in [2.45, 2.75) is 38.5 Å². The fourth-order valence-electron chi connectivity index (χ4n) is 2.83. The van der Waals surface area contributed by atoms with Crippen molar-refractivity contribution in [1.82, 2.24) is 15.3 Å². The zero-order valence-corrected chi connectivity index (χ0v) is 13.6. The molecule has 1 aromatic carbocycles. The van der Waals surface area contributed by atoms with Crippen LogP contribution in [0.15, 0.2) is 29.1 Å². The Morgan fingerprint density at radius 2 is 2.33 bits per heavy atom. The van der Waals surface area contributed by atoms with Crippen LogP contribution in [0.25, 0.3) is 10.9 Å². The van der Waals surface area contributed by atoms with Gasteiger partial charge in [0.05, 0.1) is 23.0 Å². The number of hydrogen-bond acceptors (Lipinski definition) is 5. The van der Waals surface area contributed by atoms with Crippen molar-refractivity contribution >= 4 is 16.8 Å². The van der Waals surface area contributed by atoms with Gasteiger partial charge in [0, 0.05) is 6.61 Å². The molecule has 2 unspecified atom stereocenters. The molecule has 3 rings (SSSR count). The monoisotopic (exact) mass is 331 g/mol. The van der Waals surface area contributed by atoms with Crippen molar-refractivity contribution < 1.29 is 14.3 Å². The number of carbonyl (C=O) groups is 1. The van der Waals surface area contributed by atoms with Gasteiger partial charge < -0.3 is 19.8 Å². The molecule has 0 saturated carbocycles. The van der Waals surface area contributed by atoms with Crippen LogP contribution in [0.5, 0.6) is 0 Å². The Balaban J connectivity index is 1.51. The van der Waals surface area contributed by atoms with Crippen LogP contribution in [0.1, 0.15) is 25.6 Å². The molecule has 7 nitrogen and oxygen atoms in total. The molecule has 1 fully saturated rings. The average molecular weight is 331 g/mol. The Kier molecular flexibility index (Phi) is 5.22. The number of rotatable bonds is 6. The van der Waals surface area contributed by atoms with Crippen molar-refractivity contribution in [2.24, 2.45) is 0 Å². The lowest BCUT2D eigenvalue weighted by Gasteiger charge is -2.19. The molecule has 24 heavy (non-hydrogen) atoms. The highest BCUT2D eigenvalue weighted by molar-refractivity contribution is 5.78. The van der Waals surface area contributed by atoms with E-state index in [4.69, 9.17) is 9.47 Å². The van der Waals surface area contributed by atoms with Crippen LogP contribution in [0.2, 0.25) is 0 Å². The normalized spacial score (nSPS) is 18.6. The topological polar surface area (TPSA) is 93.3 Å². The summed E-state index contributed by atoms with van der Waals surface area (Å²) in [6.45, 7) is 2.66. The molecule has 0 bridgehead atoms. The van der Waals surface area contributed by atoms with Gasteiger partial charge in [-0.1, -0.05) is 12.1 Å². The first-order valence-corrected chi connectivity index (χ1v) is 8.10. The highest BCUT2D eigenvalue weighted by Gasteiger charge is 2.23. The van der Waals surface area contributed by atoms with E-state index in [-0.39, 0.29) is 36.8 Å². The number of carbonyl (C=O) groups excluding carboxylic acids is 1. The lowest BCUT2D eigenvalue weighted by Crippen LogP contribution is -2.42. The minimum absolute atomic E-state index is 0.0396. The minimum Gasteiger partial charge on any atom is -0.376 e. The van der Waals surface area contributed by atoms with Gasteiger partial charge in [0.25, 0.3) is 5.56 Å². The zero-order valence-electron chi connectivity index (χ0n) is 13.6. The maximum atomic E-state index is 11.9. The number of aromatic nitrogens is 2. The van der Waals surface area contributed by atoms with Crippen LogP contribution < -0.4 is 10.9 Å². The summed E-state index contributed by atoms with van der Waals surface area (Å²) >= 11 is 0. The molecule has 1 amide bonds. The first kappa shape index (κ1) is 16.6. The van der Waals surface area contributed by atoms with Crippen LogP contribution >= 0.6 is 0 Å². The summed E-state index contributed by atoms with van der Waals surface area (Å²) in [5.74, 6) is 0.194. The molecule has 1 aliphatic heterocycles. The van der Waals surface area contributed by atoms with E-state index in [0.717, 1.165) is 19.4 Å². The van der Waals surface area contributed by atoms with E-state index in [1.807, 2.05) is 13.0 Å². The van der Waals surface area contributed by atoms with E-state index in [9.17, 15) is 9.59 Å². The number of ether oxygens (including phenoxy) is 2. The van der Waals surface area contributed by atoms with Crippen molar-refractivity contribution in [2.75, 3.05) is 13.2 Å². The summed E-state index contributed by atoms with van der Waals surface area (Å²) in [5.41, 5.74) is 0.395. The molecule has 2 heterocycles. The molecule has 128 valence electrons. The van der Waals surface area contributed by atoms with Gasteiger partial charge in [-0.05, 0) is 31.9 Å². The van der Waals surface area contributed by atoms with Crippen LogP contribution in [0.4, 0.5) is 0 Å². The standard InChI is InChI=1S/C17H21N3O4/c1-11(14-7-4-8-24-14)18-16(21)10-23-9-15-19-13-6-3-2-5-12(13)17(22)20-15/h2-3,5-6,11,14H,4,7-10H2,1H3,(H,18,21)(H,19,20,22). The number of aromatic amines is 1. The number of fused-ring (bicyclic) bond motifs is 1. The quantitative estimate of drug-likeness (QED) is 0.827. The van der Waals surface area contributed by atoms with Gasteiger partial charge in [-0.2, -0.15) is 0 Å². The Labute approximate surface area is 139 Å². The van der Waals surface area contributed by atoms with E-state index >= 15 is 0 Å². The highest BCUT2D eigenvalue weighted by atomic mass is 16.5. The van der Waals surface area contributed by atoms with Crippen LogP contribution in [-0.2, 0) is 20.9 Å². The summed E-state index contributed by atoms with van der Waals surface area (Å²) in [6, 6.07) is 7.05. The second-order valence-corrected chi connectivity index (χ2v) is 5.93. The maximum Gasteiger partial charge on any atom is 0.258 e. The van der Waals surface area contributed by atoms with Gasteiger partial charge in [-0.15, -0.1) is 0 Å². The molecule has 2 N–H and O–H groups in total. The summed E-state index contributed by atoms with van der Waals surface area (Å²) in [4.78, 5) is 30.8. The number of benzene rings is 1. The Hall–Kier alpha value is -2.25. The first-order valence-electron chi connectivity index (χ1n) is 8.10. The fraction of sp³-hybridized carbons (Fsp3) is 0.471. The van der Waals surface area contributed by atoms with E-state index in [0.29, 0.717) is 16.7 Å². The number of H-pyrrole nitrogens is 1. The summed E-state index contributed by atoms with van der Waals surface area (Å²) in [7, 11) is 0. The lowest BCUT2D eigenvalue weighted by atomic mass is 10.1. The van der Waals surface area contributed by atoms with Crippen LogP contribution in [0, 0.1) is 0 Å². The predicted octanol–water partition coefficient (Wildman–Crippen LogP) is 1.12. The smallest absolute Gasteiger partial charge is 0.258 e.